The standard InChI is InChI=1S/C9H19NO2S/c1-2-10-13(11,12)8-9-6-4-3-5-7-9/h9-10H,2-8H2,1H3. The lowest BCUT2D eigenvalue weighted by molar-refractivity contribution is 0.384. The summed E-state index contributed by atoms with van der Waals surface area (Å²) in [5.74, 6) is 0.735. The average molecular weight is 205 g/mol. The van der Waals surface area contributed by atoms with Gasteiger partial charge in [0.25, 0.3) is 0 Å². The summed E-state index contributed by atoms with van der Waals surface area (Å²) in [6.45, 7) is 2.33. The van der Waals surface area contributed by atoms with E-state index >= 15 is 0 Å². The van der Waals surface area contributed by atoms with Gasteiger partial charge in [0.2, 0.25) is 10.0 Å². The van der Waals surface area contributed by atoms with Crippen LogP contribution in [0.4, 0.5) is 0 Å². The molecule has 0 bridgehead atoms. The van der Waals surface area contributed by atoms with Crippen molar-refractivity contribution in [2.45, 2.75) is 39.0 Å². The third-order valence-corrected chi connectivity index (χ3v) is 4.18. The zero-order chi connectivity index (χ0) is 9.73. The molecule has 0 heterocycles. The molecule has 78 valence electrons. The minimum absolute atomic E-state index is 0.334. The van der Waals surface area contributed by atoms with Gasteiger partial charge in [-0.25, -0.2) is 13.1 Å². The Morgan fingerprint density at radius 1 is 1.23 bits per heavy atom. The lowest BCUT2D eigenvalue weighted by atomic mass is 9.91. The zero-order valence-electron chi connectivity index (χ0n) is 8.25. The van der Waals surface area contributed by atoms with Gasteiger partial charge in [0, 0.05) is 6.54 Å². The smallest absolute Gasteiger partial charge is 0.211 e. The van der Waals surface area contributed by atoms with Crippen LogP contribution in [0.1, 0.15) is 39.0 Å². The fraction of sp³-hybridized carbons (Fsp3) is 1.00. The molecule has 1 N–H and O–H groups in total. The Morgan fingerprint density at radius 3 is 2.38 bits per heavy atom. The molecule has 13 heavy (non-hydrogen) atoms. The molecular weight excluding hydrogens is 186 g/mol. The van der Waals surface area contributed by atoms with Crippen LogP contribution < -0.4 is 4.72 Å². The molecule has 0 aliphatic heterocycles. The molecule has 0 atom stereocenters. The van der Waals surface area contributed by atoms with Crippen molar-refractivity contribution in [3.63, 3.8) is 0 Å². The van der Waals surface area contributed by atoms with E-state index in [1.165, 1.54) is 19.3 Å². The minimum Gasteiger partial charge on any atom is -0.216 e. The maximum absolute atomic E-state index is 11.4. The van der Waals surface area contributed by atoms with Gasteiger partial charge in [0.05, 0.1) is 5.75 Å². The number of rotatable bonds is 4. The molecule has 0 saturated heterocycles. The topological polar surface area (TPSA) is 46.2 Å². The molecule has 0 aromatic carbocycles. The first-order valence-corrected chi connectivity index (χ1v) is 6.76. The Bertz CT molecular complexity index is 230. The first-order chi connectivity index (χ1) is 6.14. The van der Waals surface area contributed by atoms with Crippen LogP contribution in [0.5, 0.6) is 0 Å². The summed E-state index contributed by atoms with van der Waals surface area (Å²) in [6, 6.07) is 0. The van der Waals surface area contributed by atoms with Crippen molar-refractivity contribution in [1.29, 1.82) is 0 Å². The van der Waals surface area contributed by atoms with Gasteiger partial charge in [0.15, 0.2) is 0 Å². The molecule has 1 saturated carbocycles. The third-order valence-electron chi connectivity index (χ3n) is 2.54. The molecular formula is C9H19NO2S. The van der Waals surface area contributed by atoms with Gasteiger partial charge in [-0.15, -0.1) is 0 Å². The van der Waals surface area contributed by atoms with Crippen molar-refractivity contribution in [3.8, 4) is 0 Å². The lowest BCUT2D eigenvalue weighted by Crippen LogP contribution is -2.30. The van der Waals surface area contributed by atoms with Gasteiger partial charge < -0.3 is 0 Å². The van der Waals surface area contributed by atoms with Crippen LogP contribution in [0.2, 0.25) is 0 Å². The molecule has 1 fully saturated rings. The molecule has 0 spiro atoms. The Hall–Kier alpha value is -0.0900. The normalized spacial score (nSPS) is 20.4. The SMILES string of the molecule is CCNS(=O)(=O)CC1CCCCC1. The van der Waals surface area contributed by atoms with Crippen molar-refractivity contribution in [1.82, 2.24) is 4.72 Å². The molecule has 0 aromatic rings. The van der Waals surface area contributed by atoms with Crippen LogP contribution in [0.25, 0.3) is 0 Å². The molecule has 0 radical (unpaired) electrons. The molecule has 0 aromatic heterocycles. The van der Waals surface area contributed by atoms with E-state index in [1.807, 2.05) is 6.92 Å². The first-order valence-electron chi connectivity index (χ1n) is 5.11. The molecule has 1 aliphatic rings. The minimum atomic E-state index is -2.98. The fourth-order valence-corrected chi connectivity index (χ4v) is 3.45. The highest BCUT2D eigenvalue weighted by atomic mass is 32.2. The summed E-state index contributed by atoms with van der Waals surface area (Å²) >= 11 is 0. The number of sulfonamides is 1. The van der Waals surface area contributed by atoms with Gasteiger partial charge in [-0.05, 0) is 18.8 Å². The van der Waals surface area contributed by atoms with Gasteiger partial charge in [-0.3, -0.25) is 0 Å². The Morgan fingerprint density at radius 2 is 1.85 bits per heavy atom. The van der Waals surface area contributed by atoms with E-state index in [2.05, 4.69) is 4.72 Å². The van der Waals surface area contributed by atoms with Crippen molar-refractivity contribution < 1.29 is 8.42 Å². The third kappa shape index (κ3) is 4.09. The quantitative estimate of drug-likeness (QED) is 0.756. The maximum atomic E-state index is 11.4. The summed E-state index contributed by atoms with van der Waals surface area (Å²) in [4.78, 5) is 0. The number of hydrogen-bond donors (Lipinski definition) is 1. The molecule has 1 aliphatic carbocycles. The summed E-state index contributed by atoms with van der Waals surface area (Å²) in [6.07, 6.45) is 5.85. The second kappa shape index (κ2) is 4.96. The van der Waals surface area contributed by atoms with Crippen molar-refractivity contribution in [3.05, 3.63) is 0 Å². The summed E-state index contributed by atoms with van der Waals surface area (Å²) in [7, 11) is -2.98. The van der Waals surface area contributed by atoms with Gasteiger partial charge in [0.1, 0.15) is 0 Å². The summed E-state index contributed by atoms with van der Waals surface area (Å²) in [5, 5.41) is 0. The van der Waals surface area contributed by atoms with Crippen LogP contribution in [0.15, 0.2) is 0 Å². The predicted octanol–water partition coefficient (Wildman–Crippen LogP) is 1.51. The number of hydrogen-bond acceptors (Lipinski definition) is 2. The summed E-state index contributed by atoms with van der Waals surface area (Å²) < 4.78 is 25.3. The molecule has 0 amide bonds. The zero-order valence-corrected chi connectivity index (χ0v) is 9.07. The molecule has 4 heteroatoms. The molecule has 1 rings (SSSR count). The Labute approximate surface area is 81.0 Å². The van der Waals surface area contributed by atoms with E-state index in [0.717, 1.165) is 12.8 Å². The van der Waals surface area contributed by atoms with Crippen molar-refractivity contribution in [2.24, 2.45) is 5.92 Å². The highest BCUT2D eigenvalue weighted by Gasteiger charge is 2.20. The van der Waals surface area contributed by atoms with Gasteiger partial charge >= 0.3 is 0 Å². The van der Waals surface area contributed by atoms with E-state index in [-0.39, 0.29) is 0 Å². The van der Waals surface area contributed by atoms with Gasteiger partial charge in [-0.1, -0.05) is 26.2 Å². The van der Waals surface area contributed by atoms with Crippen molar-refractivity contribution >= 4 is 10.0 Å². The fourth-order valence-electron chi connectivity index (χ4n) is 1.94. The van der Waals surface area contributed by atoms with E-state index in [1.54, 1.807) is 0 Å². The average Bonchev–Trinajstić information content (AvgIpc) is 2.04. The lowest BCUT2D eigenvalue weighted by Gasteiger charge is -2.21. The van der Waals surface area contributed by atoms with E-state index < -0.39 is 10.0 Å². The van der Waals surface area contributed by atoms with Crippen LogP contribution in [0, 0.1) is 5.92 Å². The van der Waals surface area contributed by atoms with E-state index in [0.29, 0.717) is 18.2 Å². The summed E-state index contributed by atoms with van der Waals surface area (Å²) in [5.41, 5.74) is 0. The molecule has 3 nitrogen and oxygen atoms in total. The van der Waals surface area contributed by atoms with E-state index in [9.17, 15) is 8.42 Å². The van der Waals surface area contributed by atoms with E-state index in [4.69, 9.17) is 0 Å². The monoisotopic (exact) mass is 205 g/mol. The second-order valence-electron chi connectivity index (χ2n) is 3.78. The number of nitrogens with one attached hydrogen (secondary N) is 1. The van der Waals surface area contributed by atoms with Crippen LogP contribution in [-0.4, -0.2) is 20.7 Å². The van der Waals surface area contributed by atoms with Crippen molar-refractivity contribution in [2.75, 3.05) is 12.3 Å². The Kier molecular flexibility index (Phi) is 4.19. The van der Waals surface area contributed by atoms with Crippen LogP contribution in [0.3, 0.4) is 0 Å². The van der Waals surface area contributed by atoms with Crippen LogP contribution in [-0.2, 0) is 10.0 Å². The maximum Gasteiger partial charge on any atom is 0.211 e. The second-order valence-corrected chi connectivity index (χ2v) is 5.63. The highest BCUT2D eigenvalue weighted by molar-refractivity contribution is 7.89. The van der Waals surface area contributed by atoms with Gasteiger partial charge in [-0.2, -0.15) is 0 Å². The molecule has 0 unspecified atom stereocenters. The Balaban J connectivity index is 2.37. The predicted molar refractivity (Wildman–Crippen MR) is 54.0 cm³/mol. The highest BCUT2D eigenvalue weighted by Crippen LogP contribution is 2.24. The first kappa shape index (κ1) is 11.0. The largest absolute Gasteiger partial charge is 0.216 e. The van der Waals surface area contributed by atoms with Crippen LogP contribution >= 0.6 is 0 Å².